The van der Waals surface area contributed by atoms with E-state index in [1.54, 1.807) is 12.1 Å². The Bertz CT molecular complexity index is 352. The van der Waals surface area contributed by atoms with Crippen LogP contribution in [0.4, 0.5) is 0 Å². The van der Waals surface area contributed by atoms with Crippen molar-refractivity contribution in [1.29, 1.82) is 0 Å². The van der Waals surface area contributed by atoms with Crippen molar-refractivity contribution in [2.75, 3.05) is 6.61 Å². The normalized spacial score (nSPS) is 14.0. The van der Waals surface area contributed by atoms with Crippen molar-refractivity contribution in [3.63, 3.8) is 0 Å². The molecule has 0 saturated heterocycles. The molecule has 0 unspecified atom stereocenters. The molecule has 4 heteroatoms. The molecule has 0 fully saturated rings. The van der Waals surface area contributed by atoms with Gasteiger partial charge < -0.3 is 10.8 Å². The number of nitrogens with two attached hydrogens (primary N) is 1. The molecule has 0 bridgehead atoms. The lowest BCUT2D eigenvalue weighted by molar-refractivity contribution is 0.132. The highest BCUT2D eigenvalue weighted by atomic mass is 35.5. The maximum atomic E-state index is 9.21. The van der Waals surface area contributed by atoms with Gasteiger partial charge in [-0.2, -0.15) is 0 Å². The van der Waals surface area contributed by atoms with Crippen LogP contribution < -0.4 is 5.73 Å². The van der Waals surface area contributed by atoms with Crippen molar-refractivity contribution in [1.82, 2.24) is 0 Å². The molecule has 0 heterocycles. The van der Waals surface area contributed by atoms with Crippen LogP contribution in [0.15, 0.2) is 18.2 Å². The fraction of sp³-hybridized carbons (Fsp3) is 0.455. The maximum Gasteiger partial charge on any atom is 0.0595 e. The van der Waals surface area contributed by atoms with E-state index in [-0.39, 0.29) is 18.1 Å². The first kappa shape index (κ1) is 12.8. The molecular weight excluding hydrogens is 233 g/mol. The van der Waals surface area contributed by atoms with Crippen molar-refractivity contribution in [3.05, 3.63) is 33.8 Å². The van der Waals surface area contributed by atoms with Crippen LogP contribution in [0.3, 0.4) is 0 Å². The van der Waals surface area contributed by atoms with Crippen molar-refractivity contribution in [3.8, 4) is 0 Å². The second-order valence-corrected chi connectivity index (χ2v) is 5.11. The van der Waals surface area contributed by atoms with Crippen LogP contribution in [0.5, 0.6) is 0 Å². The summed E-state index contributed by atoms with van der Waals surface area (Å²) in [5.41, 5.74) is 6.54. The molecule has 2 nitrogen and oxygen atoms in total. The first-order valence-corrected chi connectivity index (χ1v) is 5.45. The summed E-state index contributed by atoms with van der Waals surface area (Å²) in [6.45, 7) is 3.83. The lowest BCUT2D eigenvalue weighted by Gasteiger charge is -2.29. The fourth-order valence-corrected chi connectivity index (χ4v) is 1.56. The number of aliphatic hydroxyl groups is 1. The Hall–Kier alpha value is -0.280. The standard InChI is InChI=1S/C11H15Cl2NO/c1-11(2,6-15)10(14)7-3-4-8(12)9(13)5-7/h3-5,10,15H,6,14H2,1-2H3/t10-/m1/s1. The summed E-state index contributed by atoms with van der Waals surface area (Å²) in [7, 11) is 0. The van der Waals surface area contributed by atoms with Crippen molar-refractivity contribution in [2.24, 2.45) is 11.1 Å². The van der Waals surface area contributed by atoms with E-state index in [1.165, 1.54) is 0 Å². The van der Waals surface area contributed by atoms with E-state index in [1.807, 2.05) is 19.9 Å². The van der Waals surface area contributed by atoms with Crippen LogP contribution in [-0.2, 0) is 0 Å². The Balaban J connectivity index is 3.02. The highest BCUT2D eigenvalue weighted by Crippen LogP contribution is 2.33. The highest BCUT2D eigenvalue weighted by molar-refractivity contribution is 6.42. The van der Waals surface area contributed by atoms with Crippen LogP contribution in [-0.4, -0.2) is 11.7 Å². The number of hydrogen-bond donors (Lipinski definition) is 2. The first-order chi connectivity index (χ1) is 6.88. The van der Waals surface area contributed by atoms with E-state index in [2.05, 4.69) is 0 Å². The van der Waals surface area contributed by atoms with E-state index < -0.39 is 0 Å². The van der Waals surface area contributed by atoms with Gasteiger partial charge in [0.15, 0.2) is 0 Å². The summed E-state index contributed by atoms with van der Waals surface area (Å²) in [5, 5.41) is 10.2. The van der Waals surface area contributed by atoms with Crippen molar-refractivity contribution >= 4 is 23.2 Å². The van der Waals surface area contributed by atoms with Crippen LogP contribution >= 0.6 is 23.2 Å². The zero-order chi connectivity index (χ0) is 11.6. The maximum absolute atomic E-state index is 9.21. The smallest absolute Gasteiger partial charge is 0.0595 e. The molecule has 0 radical (unpaired) electrons. The summed E-state index contributed by atoms with van der Waals surface area (Å²) in [4.78, 5) is 0. The average molecular weight is 248 g/mol. The van der Waals surface area contributed by atoms with Gasteiger partial charge in [0.1, 0.15) is 0 Å². The van der Waals surface area contributed by atoms with Crippen molar-refractivity contribution < 1.29 is 5.11 Å². The predicted molar refractivity (Wildman–Crippen MR) is 64.3 cm³/mol. The Kier molecular flexibility index (Phi) is 4.01. The summed E-state index contributed by atoms with van der Waals surface area (Å²) < 4.78 is 0. The third-order valence-corrected chi connectivity index (χ3v) is 3.29. The van der Waals surface area contributed by atoms with E-state index in [9.17, 15) is 5.11 Å². The summed E-state index contributed by atoms with van der Waals surface area (Å²) in [5.74, 6) is 0. The summed E-state index contributed by atoms with van der Waals surface area (Å²) >= 11 is 11.7. The van der Waals surface area contributed by atoms with Crippen LogP contribution in [0.25, 0.3) is 0 Å². The molecule has 1 atom stereocenters. The first-order valence-electron chi connectivity index (χ1n) is 4.70. The molecular formula is C11H15Cl2NO. The molecule has 3 N–H and O–H groups in total. The van der Waals surface area contributed by atoms with Gasteiger partial charge in [-0.15, -0.1) is 0 Å². The van der Waals surface area contributed by atoms with Gasteiger partial charge in [-0.1, -0.05) is 43.1 Å². The van der Waals surface area contributed by atoms with Crippen LogP contribution in [0.2, 0.25) is 10.0 Å². The van der Waals surface area contributed by atoms with Gasteiger partial charge in [0, 0.05) is 18.1 Å². The average Bonchev–Trinajstić information content (AvgIpc) is 2.21. The SMILES string of the molecule is CC(C)(CO)[C@H](N)c1ccc(Cl)c(Cl)c1. The molecule has 84 valence electrons. The minimum atomic E-state index is -0.378. The third-order valence-electron chi connectivity index (χ3n) is 2.55. The molecule has 15 heavy (non-hydrogen) atoms. The molecule has 1 aromatic rings. The van der Waals surface area contributed by atoms with Crippen LogP contribution in [0.1, 0.15) is 25.5 Å². The number of hydrogen-bond acceptors (Lipinski definition) is 2. The van der Waals surface area contributed by atoms with Gasteiger partial charge in [0.25, 0.3) is 0 Å². The zero-order valence-corrected chi connectivity index (χ0v) is 10.3. The van der Waals surface area contributed by atoms with Crippen LogP contribution in [0, 0.1) is 5.41 Å². The Morgan fingerprint density at radius 3 is 2.40 bits per heavy atom. The van der Waals surface area contributed by atoms with Gasteiger partial charge in [-0.3, -0.25) is 0 Å². The summed E-state index contributed by atoms with van der Waals surface area (Å²) in [6.07, 6.45) is 0. The number of rotatable bonds is 3. The van der Waals surface area contributed by atoms with Gasteiger partial charge >= 0.3 is 0 Å². The number of aliphatic hydroxyl groups excluding tert-OH is 1. The second kappa shape index (κ2) is 4.71. The van der Waals surface area contributed by atoms with E-state index in [4.69, 9.17) is 28.9 Å². The molecule has 0 amide bonds. The van der Waals surface area contributed by atoms with Gasteiger partial charge in [0.05, 0.1) is 10.0 Å². The van der Waals surface area contributed by atoms with E-state index in [0.29, 0.717) is 10.0 Å². The van der Waals surface area contributed by atoms with Crippen molar-refractivity contribution in [2.45, 2.75) is 19.9 Å². The molecule has 1 aromatic carbocycles. The fourth-order valence-electron chi connectivity index (χ4n) is 1.26. The van der Waals surface area contributed by atoms with Gasteiger partial charge in [-0.25, -0.2) is 0 Å². The molecule has 0 spiro atoms. The van der Waals surface area contributed by atoms with E-state index in [0.717, 1.165) is 5.56 Å². The predicted octanol–water partition coefficient (Wildman–Crippen LogP) is 3.01. The summed E-state index contributed by atoms with van der Waals surface area (Å²) in [6, 6.07) is 5.02. The zero-order valence-electron chi connectivity index (χ0n) is 8.80. The topological polar surface area (TPSA) is 46.2 Å². The molecule has 0 saturated carbocycles. The molecule has 0 aliphatic heterocycles. The molecule has 0 aliphatic rings. The molecule has 0 aromatic heterocycles. The lowest BCUT2D eigenvalue weighted by Crippen LogP contribution is -2.32. The molecule has 0 aliphatic carbocycles. The number of benzene rings is 1. The molecule has 1 rings (SSSR count). The monoisotopic (exact) mass is 247 g/mol. The minimum Gasteiger partial charge on any atom is -0.396 e. The van der Waals surface area contributed by atoms with E-state index >= 15 is 0 Å². The highest BCUT2D eigenvalue weighted by Gasteiger charge is 2.27. The number of halogens is 2. The van der Waals surface area contributed by atoms with Gasteiger partial charge in [0.2, 0.25) is 0 Å². The minimum absolute atomic E-state index is 0.0222. The largest absolute Gasteiger partial charge is 0.396 e. The third kappa shape index (κ3) is 2.85. The Labute approximate surface area is 100.0 Å². The Morgan fingerprint density at radius 1 is 1.33 bits per heavy atom. The second-order valence-electron chi connectivity index (χ2n) is 4.30. The quantitative estimate of drug-likeness (QED) is 0.863. The lowest BCUT2D eigenvalue weighted by atomic mass is 9.82. The van der Waals surface area contributed by atoms with Gasteiger partial charge in [-0.05, 0) is 17.7 Å². The Morgan fingerprint density at radius 2 is 1.93 bits per heavy atom.